The van der Waals surface area contributed by atoms with Gasteiger partial charge in [0, 0.05) is 81.4 Å². The van der Waals surface area contributed by atoms with Crippen LogP contribution >= 0.6 is 11.3 Å². The number of nitrogens with one attached hydrogen (secondary N) is 2. The van der Waals surface area contributed by atoms with E-state index in [4.69, 9.17) is 14.8 Å². The molecule has 370 valence electrons. The van der Waals surface area contributed by atoms with E-state index < -0.39 is 12.2 Å². The smallest absolute Gasteiger partial charge is 0.257 e. The molecule has 1 atom stereocenters. The van der Waals surface area contributed by atoms with E-state index in [0.29, 0.717) is 79.6 Å². The van der Waals surface area contributed by atoms with Crippen LogP contribution in [0.1, 0.15) is 95.6 Å². The number of nitrogens with zero attached hydrogens (tertiary/aromatic N) is 7. The lowest BCUT2D eigenvalue weighted by Crippen LogP contribution is -2.49. The lowest BCUT2D eigenvalue weighted by Gasteiger charge is -2.37. The minimum atomic E-state index is -1.83. The number of piperidine rings is 1. The molecular weight excluding hydrogens is 931 g/mol. The Balaban J connectivity index is 0.688. The predicted molar refractivity (Wildman–Crippen MR) is 276 cm³/mol. The largest absolute Gasteiger partial charge is 0.490 e. The molecule has 1 aliphatic carbocycles. The van der Waals surface area contributed by atoms with Crippen LogP contribution < -0.4 is 25.2 Å². The van der Waals surface area contributed by atoms with E-state index in [1.54, 1.807) is 4.68 Å². The summed E-state index contributed by atoms with van der Waals surface area (Å²) in [5.41, 5.74) is 8.47. The van der Waals surface area contributed by atoms with Crippen molar-refractivity contribution < 1.29 is 34.1 Å². The van der Waals surface area contributed by atoms with Gasteiger partial charge >= 0.3 is 0 Å². The number of ether oxygens (including phenoxy) is 1. The molecule has 2 saturated heterocycles. The summed E-state index contributed by atoms with van der Waals surface area (Å²) < 4.78 is 9.46. The first kappa shape index (κ1) is 47.1. The summed E-state index contributed by atoms with van der Waals surface area (Å²) in [4.78, 5) is 67.4. The molecule has 16 nitrogen and oxygen atoms in total. The maximum absolute atomic E-state index is 13.7. The first-order valence-corrected chi connectivity index (χ1v) is 25.7. The van der Waals surface area contributed by atoms with Gasteiger partial charge in [0.15, 0.2) is 11.4 Å². The number of aryl methyl sites for hydroxylation is 1. The summed E-state index contributed by atoms with van der Waals surface area (Å²) >= 11 is 1.43. The average Bonchev–Trinajstić information content (AvgIpc) is 3.96. The van der Waals surface area contributed by atoms with E-state index >= 15 is 0 Å². The number of piperazine rings is 1. The van der Waals surface area contributed by atoms with E-state index in [0.717, 1.165) is 93.6 Å². The molecule has 6 heterocycles. The van der Waals surface area contributed by atoms with Gasteiger partial charge in [-0.05, 0) is 128 Å². The molecule has 4 N–H and O–H groups in total. The summed E-state index contributed by atoms with van der Waals surface area (Å²) in [6, 6.07) is 29.3. The standard InChI is InChI=1S/C55H57N9O7S/c1-32-37(38-19-21-47(57-51(38)54(69)70)64-24-23-34-7-5-9-39(42(34)31-64)52(67)59-55-56-43-10-3-4-12-46(43)72-55)8-6-11-45(32)71-36-16-13-33(14-17-36)29-49(66)63-27-25-62(26-28-63)35-15-18-40-44(30-35)61(2)60-50(40)41-20-22-48(65)58-53(41)68/h3-12,15,18-19,21,30,33,36,41,54,69-70H,13-14,16-17,20,22-29,31H2,1-2H3,(H,56,59,67)(H,58,65,68)/t33-,36-,41?. The summed E-state index contributed by atoms with van der Waals surface area (Å²) in [5, 5.41) is 33.1. The molecule has 17 heteroatoms. The van der Waals surface area contributed by atoms with Crippen LogP contribution in [0.5, 0.6) is 5.75 Å². The molecule has 0 radical (unpaired) electrons. The van der Waals surface area contributed by atoms with Crippen LogP contribution in [0.2, 0.25) is 0 Å². The fourth-order valence-corrected chi connectivity index (χ4v) is 11.9. The Kier molecular flexibility index (Phi) is 12.9. The van der Waals surface area contributed by atoms with E-state index in [9.17, 15) is 29.4 Å². The van der Waals surface area contributed by atoms with Crippen LogP contribution in [-0.2, 0) is 34.4 Å². The monoisotopic (exact) mass is 987 g/mol. The van der Waals surface area contributed by atoms with Gasteiger partial charge in [-0.1, -0.05) is 47.7 Å². The maximum atomic E-state index is 13.7. The van der Waals surface area contributed by atoms with Crippen LogP contribution in [-0.4, -0.2) is 97.3 Å². The molecule has 1 saturated carbocycles. The molecule has 3 aliphatic heterocycles. The fourth-order valence-electron chi connectivity index (χ4n) is 11.1. The molecule has 7 aromatic rings. The maximum Gasteiger partial charge on any atom is 0.257 e. The van der Waals surface area contributed by atoms with Gasteiger partial charge in [-0.15, -0.1) is 0 Å². The summed E-state index contributed by atoms with van der Waals surface area (Å²) in [5.74, 6) is 0.576. The van der Waals surface area contributed by atoms with E-state index in [1.165, 1.54) is 11.3 Å². The third-order valence-electron chi connectivity index (χ3n) is 15.1. The quantitative estimate of drug-likeness (QED) is 0.0736. The normalized spacial score (nSPS) is 19.5. The molecule has 72 heavy (non-hydrogen) atoms. The third kappa shape index (κ3) is 9.39. The Morgan fingerprint density at radius 3 is 2.44 bits per heavy atom. The highest BCUT2D eigenvalue weighted by atomic mass is 32.1. The number of benzene rings is 4. The predicted octanol–water partition coefficient (Wildman–Crippen LogP) is 7.55. The van der Waals surface area contributed by atoms with Gasteiger partial charge < -0.3 is 29.6 Å². The zero-order valence-corrected chi connectivity index (χ0v) is 41.2. The van der Waals surface area contributed by atoms with Gasteiger partial charge in [0.05, 0.1) is 33.4 Å². The van der Waals surface area contributed by atoms with Gasteiger partial charge in [0.1, 0.15) is 17.3 Å². The third-order valence-corrected chi connectivity index (χ3v) is 16.0. The van der Waals surface area contributed by atoms with Crippen LogP contribution in [0.15, 0.2) is 91.0 Å². The van der Waals surface area contributed by atoms with E-state index in [-0.39, 0.29) is 41.3 Å². The number of carbonyl (C=O) groups is 4. The zero-order chi connectivity index (χ0) is 49.6. The summed E-state index contributed by atoms with van der Waals surface area (Å²) in [6.07, 6.45) is 3.57. The lowest BCUT2D eigenvalue weighted by molar-refractivity contribution is -0.134. The molecule has 11 rings (SSSR count). The second kappa shape index (κ2) is 19.8. The molecule has 0 spiro atoms. The van der Waals surface area contributed by atoms with Crippen LogP contribution in [0.25, 0.3) is 32.2 Å². The van der Waals surface area contributed by atoms with Crippen molar-refractivity contribution in [2.75, 3.05) is 47.8 Å². The Morgan fingerprint density at radius 2 is 1.65 bits per heavy atom. The van der Waals surface area contributed by atoms with E-state index in [2.05, 4.69) is 37.6 Å². The number of para-hydroxylation sites is 1. The number of carbonyl (C=O) groups excluding carboxylic acids is 4. The molecule has 4 aliphatic rings. The molecule has 3 fully saturated rings. The number of hydrogen-bond donors (Lipinski definition) is 4. The van der Waals surface area contributed by atoms with Crippen molar-refractivity contribution in [2.24, 2.45) is 13.0 Å². The first-order valence-electron chi connectivity index (χ1n) is 24.9. The average molecular weight is 988 g/mol. The SMILES string of the molecule is Cc1c(O[C@H]2CC[C@H](CC(=O)N3CCN(c4ccc5c(C6CCC(=O)NC6=O)nn(C)c5c4)CC3)CC2)cccc1-c1ccc(N2CCc3cccc(C(=O)Nc4nc5ccccc5s4)c3C2)nc1C(O)O. The number of hydrogen-bond acceptors (Lipinski definition) is 13. The van der Waals surface area contributed by atoms with Crippen LogP contribution in [0.4, 0.5) is 16.6 Å². The zero-order valence-electron chi connectivity index (χ0n) is 40.3. The van der Waals surface area contributed by atoms with Crippen molar-refractivity contribution in [1.29, 1.82) is 0 Å². The number of amides is 4. The number of aromatic nitrogens is 4. The van der Waals surface area contributed by atoms with Crippen molar-refractivity contribution in [2.45, 2.75) is 83.1 Å². The topological polar surface area (TPSA) is 195 Å². The number of aliphatic hydroxyl groups is 2. The number of imide groups is 1. The fraction of sp³-hybridized carbons (Fsp3) is 0.364. The summed E-state index contributed by atoms with van der Waals surface area (Å²) in [6.45, 7) is 5.77. The van der Waals surface area contributed by atoms with Crippen LogP contribution in [0, 0.1) is 12.8 Å². The highest BCUT2D eigenvalue weighted by molar-refractivity contribution is 7.22. The number of thiazole rings is 1. The number of pyridine rings is 1. The Morgan fingerprint density at radius 1 is 0.847 bits per heavy atom. The summed E-state index contributed by atoms with van der Waals surface area (Å²) in [7, 11) is 1.87. The van der Waals surface area contributed by atoms with Gasteiger partial charge in [-0.3, -0.25) is 34.5 Å². The van der Waals surface area contributed by atoms with Crippen molar-refractivity contribution in [1.82, 2.24) is 30.0 Å². The van der Waals surface area contributed by atoms with Gasteiger partial charge in [0.25, 0.3) is 5.91 Å². The highest BCUT2D eigenvalue weighted by Gasteiger charge is 2.33. The second-order valence-corrected chi connectivity index (χ2v) is 20.5. The molecule has 4 aromatic carbocycles. The van der Waals surface area contributed by atoms with Crippen LogP contribution in [0.3, 0.4) is 0 Å². The number of aliphatic hydroxyl groups excluding tert-OH is 1. The number of anilines is 3. The molecule has 3 aromatic heterocycles. The van der Waals surface area contributed by atoms with Gasteiger partial charge in [-0.2, -0.15) is 5.10 Å². The van der Waals surface area contributed by atoms with Crippen molar-refractivity contribution in [3.05, 3.63) is 125 Å². The molecule has 1 unspecified atom stereocenters. The van der Waals surface area contributed by atoms with Crippen molar-refractivity contribution in [3.63, 3.8) is 0 Å². The Labute approximate surface area is 420 Å². The van der Waals surface area contributed by atoms with Crippen molar-refractivity contribution >= 4 is 72.7 Å². The van der Waals surface area contributed by atoms with Crippen molar-refractivity contribution in [3.8, 4) is 16.9 Å². The highest BCUT2D eigenvalue weighted by Crippen LogP contribution is 2.39. The van der Waals surface area contributed by atoms with Gasteiger partial charge in [0.2, 0.25) is 17.7 Å². The number of fused-ring (bicyclic) bond motifs is 3. The molecular formula is C55H57N9O7S. The first-order chi connectivity index (χ1) is 34.9. The lowest BCUT2D eigenvalue weighted by atomic mass is 9.85. The Hall–Kier alpha value is -7.21. The minimum Gasteiger partial charge on any atom is -0.490 e. The van der Waals surface area contributed by atoms with E-state index in [1.807, 2.05) is 97.7 Å². The molecule has 4 amide bonds. The second-order valence-electron chi connectivity index (χ2n) is 19.5. The Bertz CT molecular complexity index is 3210. The number of rotatable bonds is 11. The minimum absolute atomic E-state index is 0.00993. The molecule has 0 bridgehead atoms. The van der Waals surface area contributed by atoms with Gasteiger partial charge in [-0.25, -0.2) is 9.97 Å².